The Morgan fingerprint density at radius 2 is 2.21 bits per heavy atom. The Balaban J connectivity index is 1.81. The topological polar surface area (TPSA) is 24.5 Å². The van der Waals surface area contributed by atoms with Crippen LogP contribution in [0.15, 0.2) is 18.2 Å². The fourth-order valence-electron chi connectivity index (χ4n) is 2.47. The maximum atomic E-state index is 5.65. The van der Waals surface area contributed by atoms with Crippen LogP contribution in [0.3, 0.4) is 0 Å². The number of hydrogen-bond donors (Lipinski definition) is 1. The van der Waals surface area contributed by atoms with E-state index in [0.29, 0.717) is 0 Å². The van der Waals surface area contributed by atoms with Crippen LogP contribution in [0.5, 0.6) is 5.75 Å². The maximum absolute atomic E-state index is 5.65. The molecule has 2 rings (SSSR count). The molecule has 1 aromatic rings. The Morgan fingerprint density at radius 3 is 3.05 bits per heavy atom. The normalized spacial score (nSPS) is 14.3. The molecule has 0 radical (unpaired) electrons. The Labute approximate surface area is 116 Å². The molecule has 1 aromatic carbocycles. The van der Waals surface area contributed by atoms with E-state index in [1.807, 2.05) is 0 Å². The summed E-state index contributed by atoms with van der Waals surface area (Å²) in [7, 11) is 2.18. The van der Waals surface area contributed by atoms with Gasteiger partial charge in [-0.3, -0.25) is 0 Å². The number of benzene rings is 1. The molecule has 0 saturated heterocycles. The summed E-state index contributed by atoms with van der Waals surface area (Å²) in [5.41, 5.74) is 2.77. The third-order valence-electron chi connectivity index (χ3n) is 3.52. The lowest BCUT2D eigenvalue weighted by Gasteiger charge is -2.20. The molecule has 0 saturated carbocycles. The second-order valence-corrected chi connectivity index (χ2v) is 5.38. The monoisotopic (exact) mass is 262 g/mol. The smallest absolute Gasteiger partial charge is 0.122 e. The van der Waals surface area contributed by atoms with Crippen LogP contribution in [0, 0.1) is 0 Å². The van der Waals surface area contributed by atoms with Gasteiger partial charge in [-0.05, 0) is 50.0 Å². The maximum Gasteiger partial charge on any atom is 0.122 e. The summed E-state index contributed by atoms with van der Waals surface area (Å²) in [6, 6.07) is 6.64. The number of hydrogen-bond acceptors (Lipinski definition) is 3. The number of rotatable bonds is 7. The third-order valence-corrected chi connectivity index (χ3v) is 3.52. The first-order chi connectivity index (χ1) is 9.29. The van der Waals surface area contributed by atoms with E-state index in [9.17, 15) is 0 Å². The van der Waals surface area contributed by atoms with Gasteiger partial charge in [-0.1, -0.05) is 19.1 Å². The van der Waals surface area contributed by atoms with E-state index < -0.39 is 0 Å². The molecular weight excluding hydrogens is 236 g/mol. The molecule has 3 nitrogen and oxygen atoms in total. The second kappa shape index (κ2) is 7.51. The predicted molar refractivity (Wildman–Crippen MR) is 79.8 cm³/mol. The van der Waals surface area contributed by atoms with Gasteiger partial charge >= 0.3 is 0 Å². The number of nitrogens with zero attached hydrogens (tertiary/aromatic N) is 1. The van der Waals surface area contributed by atoms with Crippen LogP contribution >= 0.6 is 0 Å². The molecule has 1 aliphatic heterocycles. The quantitative estimate of drug-likeness (QED) is 0.764. The molecule has 1 aliphatic rings. The van der Waals surface area contributed by atoms with Crippen LogP contribution in [0.1, 0.15) is 30.9 Å². The molecule has 0 spiro atoms. The van der Waals surface area contributed by atoms with Gasteiger partial charge in [-0.15, -0.1) is 0 Å². The zero-order valence-corrected chi connectivity index (χ0v) is 12.2. The zero-order valence-electron chi connectivity index (χ0n) is 12.2. The number of ether oxygens (including phenoxy) is 1. The third kappa shape index (κ3) is 4.51. The lowest BCUT2D eigenvalue weighted by Crippen LogP contribution is -2.29. The average molecular weight is 262 g/mol. The summed E-state index contributed by atoms with van der Waals surface area (Å²) < 4.78 is 5.65. The first-order valence-electron chi connectivity index (χ1n) is 7.43. The minimum absolute atomic E-state index is 0.870. The standard InChI is InChI=1S/C16H26N2O/c1-3-8-17-9-10-18(2)13-14-6-7-16-15(12-14)5-4-11-19-16/h6-7,12,17H,3-5,8-11,13H2,1-2H3. The zero-order chi connectivity index (χ0) is 13.5. The lowest BCUT2D eigenvalue weighted by molar-refractivity contribution is 0.287. The van der Waals surface area contributed by atoms with Crippen molar-refractivity contribution in [3.8, 4) is 5.75 Å². The summed E-state index contributed by atoms with van der Waals surface area (Å²) in [5, 5.41) is 3.44. The fraction of sp³-hybridized carbons (Fsp3) is 0.625. The Bertz CT molecular complexity index is 392. The predicted octanol–water partition coefficient (Wildman–Crippen LogP) is 2.44. The molecule has 0 unspecified atom stereocenters. The molecule has 3 heteroatoms. The molecule has 0 atom stereocenters. The Kier molecular flexibility index (Phi) is 5.67. The summed E-state index contributed by atoms with van der Waals surface area (Å²) in [5.74, 6) is 1.09. The number of fused-ring (bicyclic) bond motifs is 1. The second-order valence-electron chi connectivity index (χ2n) is 5.38. The molecule has 19 heavy (non-hydrogen) atoms. The summed E-state index contributed by atoms with van der Waals surface area (Å²) >= 11 is 0. The Morgan fingerprint density at radius 1 is 1.32 bits per heavy atom. The highest BCUT2D eigenvalue weighted by atomic mass is 16.5. The van der Waals surface area contributed by atoms with E-state index in [4.69, 9.17) is 4.74 Å². The van der Waals surface area contributed by atoms with Gasteiger partial charge in [-0.25, -0.2) is 0 Å². The molecule has 1 N–H and O–H groups in total. The molecule has 0 aromatic heterocycles. The highest BCUT2D eigenvalue weighted by Gasteiger charge is 2.11. The van der Waals surface area contributed by atoms with Gasteiger partial charge in [0.2, 0.25) is 0 Å². The first kappa shape index (κ1) is 14.4. The van der Waals surface area contributed by atoms with Crippen LogP contribution in [-0.4, -0.2) is 38.2 Å². The molecule has 1 heterocycles. The van der Waals surface area contributed by atoms with Gasteiger partial charge in [0, 0.05) is 19.6 Å². The van der Waals surface area contributed by atoms with Crippen molar-refractivity contribution >= 4 is 0 Å². The van der Waals surface area contributed by atoms with Crippen LogP contribution in [0.2, 0.25) is 0 Å². The van der Waals surface area contributed by atoms with E-state index in [-0.39, 0.29) is 0 Å². The van der Waals surface area contributed by atoms with E-state index in [2.05, 4.69) is 42.4 Å². The Hall–Kier alpha value is -1.06. The number of nitrogens with one attached hydrogen (secondary N) is 1. The lowest BCUT2D eigenvalue weighted by atomic mass is 10.0. The van der Waals surface area contributed by atoms with Crippen molar-refractivity contribution in [3.63, 3.8) is 0 Å². The molecule has 0 fully saturated rings. The van der Waals surface area contributed by atoms with Crippen LogP contribution in [0.25, 0.3) is 0 Å². The number of likely N-dealkylation sites (N-methyl/N-ethyl adjacent to an activating group) is 1. The van der Waals surface area contributed by atoms with Crippen molar-refractivity contribution < 1.29 is 4.74 Å². The molecule has 0 aliphatic carbocycles. The van der Waals surface area contributed by atoms with Gasteiger partial charge in [0.1, 0.15) is 5.75 Å². The minimum Gasteiger partial charge on any atom is -0.493 e. The van der Waals surface area contributed by atoms with Crippen molar-refractivity contribution in [2.24, 2.45) is 0 Å². The van der Waals surface area contributed by atoms with Crippen molar-refractivity contribution in [1.82, 2.24) is 10.2 Å². The molecule has 0 bridgehead atoms. The minimum atomic E-state index is 0.870. The van der Waals surface area contributed by atoms with Crippen molar-refractivity contribution in [3.05, 3.63) is 29.3 Å². The number of aryl methyl sites for hydroxylation is 1. The molecule has 106 valence electrons. The van der Waals surface area contributed by atoms with E-state index in [1.165, 1.54) is 17.5 Å². The van der Waals surface area contributed by atoms with Gasteiger partial charge in [0.15, 0.2) is 0 Å². The fourth-order valence-corrected chi connectivity index (χ4v) is 2.47. The van der Waals surface area contributed by atoms with Crippen molar-refractivity contribution in [2.75, 3.05) is 33.3 Å². The van der Waals surface area contributed by atoms with Crippen molar-refractivity contribution in [2.45, 2.75) is 32.7 Å². The van der Waals surface area contributed by atoms with Crippen LogP contribution in [0.4, 0.5) is 0 Å². The van der Waals surface area contributed by atoms with Crippen molar-refractivity contribution in [1.29, 1.82) is 0 Å². The first-order valence-corrected chi connectivity index (χ1v) is 7.43. The summed E-state index contributed by atoms with van der Waals surface area (Å²) in [6.07, 6.45) is 3.51. The summed E-state index contributed by atoms with van der Waals surface area (Å²) in [6.45, 7) is 7.36. The molecule has 0 amide bonds. The van der Waals surface area contributed by atoms with Gasteiger partial charge in [-0.2, -0.15) is 0 Å². The van der Waals surface area contributed by atoms with Gasteiger partial charge in [0.05, 0.1) is 6.61 Å². The van der Waals surface area contributed by atoms with E-state index in [0.717, 1.165) is 51.4 Å². The van der Waals surface area contributed by atoms with Crippen LogP contribution < -0.4 is 10.1 Å². The highest BCUT2D eigenvalue weighted by Crippen LogP contribution is 2.25. The average Bonchev–Trinajstić information content (AvgIpc) is 2.43. The summed E-state index contributed by atoms with van der Waals surface area (Å²) in [4.78, 5) is 2.37. The highest BCUT2D eigenvalue weighted by molar-refractivity contribution is 5.38. The SMILES string of the molecule is CCCNCCN(C)Cc1ccc2c(c1)CCCO2. The van der Waals surface area contributed by atoms with Crippen LogP contribution in [-0.2, 0) is 13.0 Å². The molecular formula is C16H26N2O. The van der Waals surface area contributed by atoms with E-state index in [1.54, 1.807) is 0 Å². The van der Waals surface area contributed by atoms with E-state index >= 15 is 0 Å². The largest absolute Gasteiger partial charge is 0.493 e. The van der Waals surface area contributed by atoms with Gasteiger partial charge < -0.3 is 15.0 Å². The van der Waals surface area contributed by atoms with Gasteiger partial charge in [0.25, 0.3) is 0 Å².